The first-order chi connectivity index (χ1) is 3.41. The van der Waals surface area contributed by atoms with E-state index in [1.807, 2.05) is 26.7 Å². The highest BCUT2D eigenvalue weighted by molar-refractivity contribution is 4.55. The molecule has 0 saturated heterocycles. The van der Waals surface area contributed by atoms with Gasteiger partial charge in [0, 0.05) is 13.2 Å². The van der Waals surface area contributed by atoms with E-state index in [0.29, 0.717) is 0 Å². The molecule has 2 radical (unpaired) electrons. The molecule has 0 aliphatic rings. The molecule has 42 valence electrons. The molecule has 0 aliphatic carbocycles. The highest BCUT2D eigenvalue weighted by atomic mass is 16.5. The standard InChI is InChI=1S/C6H12O/c1-3-5-7-6-4-2/h3-4H,5-6H2,1-2H3. The fraction of sp³-hybridized carbons (Fsp3) is 0.667. The molecule has 0 spiro atoms. The van der Waals surface area contributed by atoms with E-state index in [4.69, 9.17) is 4.74 Å². The van der Waals surface area contributed by atoms with Crippen LogP contribution < -0.4 is 0 Å². The van der Waals surface area contributed by atoms with Crippen molar-refractivity contribution in [2.24, 2.45) is 0 Å². The van der Waals surface area contributed by atoms with Crippen LogP contribution in [-0.4, -0.2) is 13.2 Å². The van der Waals surface area contributed by atoms with Crippen LogP contribution in [-0.2, 0) is 4.74 Å². The van der Waals surface area contributed by atoms with E-state index in [-0.39, 0.29) is 0 Å². The molecule has 1 heteroatoms. The molecule has 7 heavy (non-hydrogen) atoms. The molecule has 0 rings (SSSR count). The molecule has 0 aromatic carbocycles. The minimum Gasteiger partial charge on any atom is -0.381 e. The minimum absolute atomic E-state index is 0.768. The van der Waals surface area contributed by atoms with Gasteiger partial charge in [-0.15, -0.1) is 0 Å². The Morgan fingerprint density at radius 2 is 1.57 bits per heavy atom. The zero-order valence-corrected chi connectivity index (χ0v) is 4.98. The third-order valence-electron chi connectivity index (χ3n) is 0.569. The Bertz CT molecular complexity index is 23.4. The molecule has 0 heterocycles. The highest BCUT2D eigenvalue weighted by Crippen LogP contribution is 1.79. The lowest BCUT2D eigenvalue weighted by Gasteiger charge is -1.94. The van der Waals surface area contributed by atoms with Crippen molar-refractivity contribution in [1.82, 2.24) is 0 Å². The van der Waals surface area contributed by atoms with Gasteiger partial charge in [-0.3, -0.25) is 0 Å². The summed E-state index contributed by atoms with van der Waals surface area (Å²) in [4.78, 5) is 0. The first kappa shape index (κ1) is 6.96. The van der Waals surface area contributed by atoms with Gasteiger partial charge in [-0.1, -0.05) is 13.8 Å². The van der Waals surface area contributed by atoms with Gasteiger partial charge in [-0.05, 0) is 12.8 Å². The molecule has 0 bridgehead atoms. The third kappa shape index (κ3) is 5.96. The van der Waals surface area contributed by atoms with Gasteiger partial charge in [0.1, 0.15) is 0 Å². The van der Waals surface area contributed by atoms with Crippen molar-refractivity contribution in [2.45, 2.75) is 13.8 Å². The second-order valence-corrected chi connectivity index (χ2v) is 1.35. The SMILES string of the molecule is C[CH]COC[CH]C. The van der Waals surface area contributed by atoms with Crippen molar-refractivity contribution in [3.63, 3.8) is 0 Å². The van der Waals surface area contributed by atoms with Gasteiger partial charge in [0.05, 0.1) is 0 Å². The lowest BCUT2D eigenvalue weighted by Crippen LogP contribution is -1.93. The van der Waals surface area contributed by atoms with Crippen LogP contribution >= 0.6 is 0 Å². The summed E-state index contributed by atoms with van der Waals surface area (Å²) in [5.41, 5.74) is 0. The Morgan fingerprint density at radius 1 is 1.14 bits per heavy atom. The van der Waals surface area contributed by atoms with Gasteiger partial charge in [0.15, 0.2) is 0 Å². The van der Waals surface area contributed by atoms with Crippen molar-refractivity contribution < 1.29 is 4.74 Å². The lowest BCUT2D eigenvalue weighted by molar-refractivity contribution is 0.176. The predicted octanol–water partition coefficient (Wildman–Crippen LogP) is 1.45. The van der Waals surface area contributed by atoms with Crippen LogP contribution in [0.15, 0.2) is 0 Å². The summed E-state index contributed by atoms with van der Waals surface area (Å²) in [5, 5.41) is 0. The lowest BCUT2D eigenvalue weighted by atomic mass is 10.5. The first-order valence-corrected chi connectivity index (χ1v) is 2.55. The van der Waals surface area contributed by atoms with Crippen molar-refractivity contribution in [1.29, 1.82) is 0 Å². The molecule has 0 saturated carbocycles. The summed E-state index contributed by atoms with van der Waals surface area (Å²) in [6.07, 6.45) is 3.98. The fourth-order valence-corrected chi connectivity index (χ4v) is 0.304. The van der Waals surface area contributed by atoms with Gasteiger partial charge in [0.25, 0.3) is 0 Å². The van der Waals surface area contributed by atoms with Crippen molar-refractivity contribution in [3.8, 4) is 0 Å². The van der Waals surface area contributed by atoms with Gasteiger partial charge >= 0.3 is 0 Å². The summed E-state index contributed by atoms with van der Waals surface area (Å²) in [6.45, 7) is 5.50. The number of hydrogen-bond acceptors (Lipinski definition) is 1. The van der Waals surface area contributed by atoms with Gasteiger partial charge in [-0.2, -0.15) is 0 Å². The average molecular weight is 100 g/mol. The van der Waals surface area contributed by atoms with Crippen LogP contribution in [0.2, 0.25) is 0 Å². The Balaban J connectivity index is 2.45. The topological polar surface area (TPSA) is 9.23 Å². The second-order valence-electron chi connectivity index (χ2n) is 1.35. The molecule has 0 N–H and O–H groups in total. The maximum absolute atomic E-state index is 5.02. The molecule has 1 nitrogen and oxygen atoms in total. The molecule has 0 unspecified atom stereocenters. The summed E-state index contributed by atoms with van der Waals surface area (Å²) < 4.78 is 5.02. The maximum Gasteiger partial charge on any atom is 0.0495 e. The number of ether oxygens (including phenoxy) is 1. The normalized spacial score (nSPS) is 9.43. The fourth-order valence-electron chi connectivity index (χ4n) is 0.304. The van der Waals surface area contributed by atoms with E-state index in [1.165, 1.54) is 0 Å². The zero-order chi connectivity index (χ0) is 5.54. The molecule has 0 atom stereocenters. The summed E-state index contributed by atoms with van der Waals surface area (Å²) >= 11 is 0. The summed E-state index contributed by atoms with van der Waals surface area (Å²) in [6, 6.07) is 0. The molecular weight excluding hydrogens is 88.1 g/mol. The second kappa shape index (κ2) is 5.96. The largest absolute Gasteiger partial charge is 0.381 e. The third-order valence-corrected chi connectivity index (χ3v) is 0.569. The highest BCUT2D eigenvalue weighted by Gasteiger charge is 1.78. The number of hydrogen-bond donors (Lipinski definition) is 0. The van der Waals surface area contributed by atoms with Crippen LogP contribution in [0.5, 0.6) is 0 Å². The van der Waals surface area contributed by atoms with Gasteiger partial charge < -0.3 is 4.74 Å². The maximum atomic E-state index is 5.02. The number of rotatable bonds is 4. The molecule has 0 aromatic heterocycles. The minimum atomic E-state index is 0.768. The van der Waals surface area contributed by atoms with Crippen molar-refractivity contribution in [3.05, 3.63) is 12.8 Å². The van der Waals surface area contributed by atoms with E-state index in [0.717, 1.165) is 13.2 Å². The Kier molecular flexibility index (Phi) is 5.93. The monoisotopic (exact) mass is 100 g/mol. The van der Waals surface area contributed by atoms with Crippen LogP contribution in [0, 0.1) is 12.8 Å². The van der Waals surface area contributed by atoms with Crippen LogP contribution in [0.4, 0.5) is 0 Å². The van der Waals surface area contributed by atoms with E-state index in [1.54, 1.807) is 0 Å². The average Bonchev–Trinajstić information content (AvgIpc) is 1.69. The smallest absolute Gasteiger partial charge is 0.0495 e. The van der Waals surface area contributed by atoms with E-state index in [2.05, 4.69) is 0 Å². The van der Waals surface area contributed by atoms with E-state index < -0.39 is 0 Å². The van der Waals surface area contributed by atoms with Crippen LogP contribution in [0.1, 0.15) is 13.8 Å². The quantitative estimate of drug-likeness (QED) is 0.486. The van der Waals surface area contributed by atoms with E-state index >= 15 is 0 Å². The molecule has 0 fully saturated rings. The summed E-state index contributed by atoms with van der Waals surface area (Å²) in [5.74, 6) is 0. The van der Waals surface area contributed by atoms with Crippen molar-refractivity contribution >= 4 is 0 Å². The Morgan fingerprint density at radius 3 is 1.86 bits per heavy atom. The molecule has 0 aliphatic heterocycles. The summed E-state index contributed by atoms with van der Waals surface area (Å²) in [7, 11) is 0. The predicted molar refractivity (Wildman–Crippen MR) is 30.8 cm³/mol. The molecule has 0 amide bonds. The Labute approximate surface area is 45.7 Å². The molecular formula is C6H12O. The van der Waals surface area contributed by atoms with Gasteiger partial charge in [-0.25, -0.2) is 0 Å². The van der Waals surface area contributed by atoms with Gasteiger partial charge in [0.2, 0.25) is 0 Å². The Hall–Kier alpha value is -0.0400. The molecule has 0 aromatic rings. The van der Waals surface area contributed by atoms with Crippen LogP contribution in [0.25, 0.3) is 0 Å². The zero-order valence-electron chi connectivity index (χ0n) is 4.98. The van der Waals surface area contributed by atoms with Crippen molar-refractivity contribution in [2.75, 3.05) is 13.2 Å². The van der Waals surface area contributed by atoms with E-state index in [9.17, 15) is 0 Å². The first-order valence-electron chi connectivity index (χ1n) is 2.55. The van der Waals surface area contributed by atoms with Crippen LogP contribution in [0.3, 0.4) is 0 Å².